The van der Waals surface area contributed by atoms with Crippen molar-refractivity contribution in [3.63, 3.8) is 0 Å². The predicted molar refractivity (Wildman–Crippen MR) is 95.1 cm³/mol. The highest BCUT2D eigenvalue weighted by Crippen LogP contribution is 2.34. The fourth-order valence-corrected chi connectivity index (χ4v) is 4.02. The van der Waals surface area contributed by atoms with Crippen LogP contribution in [-0.2, 0) is 18.6 Å². The maximum absolute atomic E-state index is 12.0. The minimum absolute atomic E-state index is 0.214. The van der Waals surface area contributed by atoms with Crippen molar-refractivity contribution in [3.05, 3.63) is 51.0 Å². The number of aromatic nitrogens is 1. The monoisotopic (exact) mass is 345 g/mol. The maximum atomic E-state index is 12.0. The van der Waals surface area contributed by atoms with Gasteiger partial charge in [-0.25, -0.2) is 9.78 Å². The number of carbonyl (C=O) groups is 1. The van der Waals surface area contributed by atoms with Crippen molar-refractivity contribution in [2.24, 2.45) is 0 Å². The molecule has 1 atom stereocenters. The molecule has 5 nitrogen and oxygen atoms in total. The van der Waals surface area contributed by atoms with E-state index in [1.54, 1.807) is 11.3 Å². The normalized spacial score (nSPS) is 19.6. The highest BCUT2D eigenvalue weighted by atomic mass is 32.1. The first-order valence-corrected chi connectivity index (χ1v) is 9.05. The maximum Gasteiger partial charge on any atom is 0.315 e. The third-order valence-electron chi connectivity index (χ3n) is 4.57. The van der Waals surface area contributed by atoms with Crippen molar-refractivity contribution in [1.29, 1.82) is 0 Å². The number of rotatable bonds is 4. The number of aryl methyl sites for hydroxylation is 3. The fourth-order valence-electron chi connectivity index (χ4n) is 3.14. The summed E-state index contributed by atoms with van der Waals surface area (Å²) in [6, 6.07) is 7.64. The largest absolute Gasteiger partial charge is 0.383 e. The number of amides is 2. The van der Waals surface area contributed by atoms with Crippen molar-refractivity contribution >= 4 is 17.4 Å². The van der Waals surface area contributed by atoms with Crippen LogP contribution in [0.2, 0.25) is 0 Å². The summed E-state index contributed by atoms with van der Waals surface area (Å²) in [6.45, 7) is 4.60. The Morgan fingerprint density at radius 2 is 2.12 bits per heavy atom. The first-order valence-electron chi connectivity index (χ1n) is 8.23. The highest BCUT2D eigenvalue weighted by molar-refractivity contribution is 7.11. The third kappa shape index (κ3) is 3.60. The SMILES string of the molecule is Cc1nc(CNC(=O)NCC2(O)CCCc3ccccc32)sc1C. The van der Waals surface area contributed by atoms with Crippen LogP contribution in [0.25, 0.3) is 0 Å². The van der Waals surface area contributed by atoms with Crippen molar-refractivity contribution < 1.29 is 9.90 Å². The molecule has 0 saturated heterocycles. The number of nitrogens with one attached hydrogen (secondary N) is 2. The molecule has 1 unspecified atom stereocenters. The Hall–Kier alpha value is -1.92. The molecular weight excluding hydrogens is 322 g/mol. The molecule has 0 bridgehead atoms. The summed E-state index contributed by atoms with van der Waals surface area (Å²) in [7, 11) is 0. The zero-order valence-electron chi connectivity index (χ0n) is 14.1. The van der Waals surface area contributed by atoms with Crippen molar-refractivity contribution in [2.75, 3.05) is 6.54 Å². The van der Waals surface area contributed by atoms with Gasteiger partial charge in [-0.3, -0.25) is 0 Å². The van der Waals surface area contributed by atoms with Crippen LogP contribution in [0.1, 0.15) is 39.5 Å². The predicted octanol–water partition coefficient (Wildman–Crippen LogP) is 2.78. The lowest BCUT2D eigenvalue weighted by atomic mass is 9.79. The Kier molecular flexibility index (Phi) is 4.87. The summed E-state index contributed by atoms with van der Waals surface area (Å²) in [5, 5.41) is 17.4. The molecule has 0 fully saturated rings. The molecule has 24 heavy (non-hydrogen) atoms. The molecule has 1 heterocycles. The first kappa shape index (κ1) is 16.9. The Morgan fingerprint density at radius 1 is 1.33 bits per heavy atom. The van der Waals surface area contributed by atoms with Crippen LogP contribution in [0.4, 0.5) is 4.79 Å². The minimum Gasteiger partial charge on any atom is -0.383 e. The van der Waals surface area contributed by atoms with Gasteiger partial charge in [0.2, 0.25) is 0 Å². The average molecular weight is 345 g/mol. The number of benzene rings is 1. The van der Waals surface area contributed by atoms with Crippen molar-refractivity contribution in [1.82, 2.24) is 15.6 Å². The van der Waals surface area contributed by atoms with E-state index >= 15 is 0 Å². The summed E-state index contributed by atoms with van der Waals surface area (Å²) in [4.78, 5) is 17.6. The second kappa shape index (κ2) is 6.91. The molecule has 0 spiro atoms. The molecule has 0 aliphatic heterocycles. The Labute approximate surface area is 146 Å². The molecule has 0 radical (unpaired) electrons. The number of hydrogen-bond donors (Lipinski definition) is 3. The molecule has 1 aliphatic rings. The number of hydrogen-bond acceptors (Lipinski definition) is 4. The number of nitrogens with zero attached hydrogens (tertiary/aromatic N) is 1. The summed E-state index contributed by atoms with van der Waals surface area (Å²) in [5.74, 6) is 0. The van der Waals surface area contributed by atoms with Crippen LogP contribution in [0, 0.1) is 13.8 Å². The van der Waals surface area contributed by atoms with Crippen LogP contribution >= 0.6 is 11.3 Å². The summed E-state index contributed by atoms with van der Waals surface area (Å²) in [6.07, 6.45) is 2.57. The molecule has 0 saturated carbocycles. The van der Waals surface area contributed by atoms with E-state index in [0.29, 0.717) is 13.0 Å². The minimum atomic E-state index is -0.986. The Bertz CT molecular complexity index is 724. The number of aliphatic hydroxyl groups is 1. The van der Waals surface area contributed by atoms with E-state index in [0.717, 1.165) is 29.1 Å². The lowest BCUT2D eigenvalue weighted by molar-refractivity contribution is 0.0217. The first-order chi connectivity index (χ1) is 11.5. The molecule has 6 heteroatoms. The Balaban J connectivity index is 1.56. The average Bonchev–Trinajstić information content (AvgIpc) is 2.90. The van der Waals surface area contributed by atoms with Gasteiger partial charge in [0.05, 0.1) is 18.8 Å². The summed E-state index contributed by atoms with van der Waals surface area (Å²) >= 11 is 1.59. The second-order valence-electron chi connectivity index (χ2n) is 6.33. The van der Waals surface area contributed by atoms with Crippen LogP contribution in [-0.4, -0.2) is 22.7 Å². The lowest BCUT2D eigenvalue weighted by Crippen LogP contribution is -2.46. The standard InChI is InChI=1S/C18H23N3O2S/c1-12-13(2)24-16(21-12)10-19-17(22)20-11-18(23)9-5-7-14-6-3-4-8-15(14)18/h3-4,6,8,23H,5,7,9-11H2,1-2H3,(H2,19,20,22). The molecule has 3 rings (SSSR count). The van der Waals surface area contributed by atoms with Gasteiger partial charge in [-0.05, 0) is 44.2 Å². The van der Waals surface area contributed by atoms with Gasteiger partial charge in [0.25, 0.3) is 0 Å². The van der Waals surface area contributed by atoms with E-state index < -0.39 is 5.60 Å². The quantitative estimate of drug-likeness (QED) is 0.798. The van der Waals surface area contributed by atoms with Crippen molar-refractivity contribution in [2.45, 2.75) is 45.3 Å². The van der Waals surface area contributed by atoms with Gasteiger partial charge in [0.15, 0.2) is 0 Å². The lowest BCUT2D eigenvalue weighted by Gasteiger charge is -2.34. The topological polar surface area (TPSA) is 74.2 Å². The van der Waals surface area contributed by atoms with E-state index in [4.69, 9.17) is 0 Å². The van der Waals surface area contributed by atoms with Crippen LogP contribution in [0.3, 0.4) is 0 Å². The zero-order chi connectivity index (χ0) is 17.2. The molecule has 3 N–H and O–H groups in total. The summed E-state index contributed by atoms with van der Waals surface area (Å²) in [5.41, 5.74) is 2.12. The summed E-state index contributed by atoms with van der Waals surface area (Å²) < 4.78 is 0. The molecule has 1 aromatic heterocycles. The van der Waals surface area contributed by atoms with Crippen LogP contribution in [0.15, 0.2) is 24.3 Å². The molecule has 1 aromatic carbocycles. The zero-order valence-corrected chi connectivity index (χ0v) is 14.9. The smallest absolute Gasteiger partial charge is 0.315 e. The van der Waals surface area contributed by atoms with Crippen LogP contribution < -0.4 is 10.6 Å². The highest BCUT2D eigenvalue weighted by Gasteiger charge is 2.34. The fraction of sp³-hybridized carbons (Fsp3) is 0.444. The van der Waals surface area contributed by atoms with Gasteiger partial charge in [0, 0.05) is 4.88 Å². The van der Waals surface area contributed by atoms with Gasteiger partial charge < -0.3 is 15.7 Å². The van der Waals surface area contributed by atoms with Gasteiger partial charge >= 0.3 is 6.03 Å². The second-order valence-corrected chi connectivity index (χ2v) is 7.62. The van der Waals surface area contributed by atoms with Gasteiger partial charge in [-0.2, -0.15) is 0 Å². The van der Waals surface area contributed by atoms with E-state index in [2.05, 4.69) is 15.6 Å². The molecule has 2 amide bonds. The van der Waals surface area contributed by atoms with Crippen molar-refractivity contribution in [3.8, 4) is 0 Å². The third-order valence-corrected chi connectivity index (χ3v) is 5.64. The molecular formula is C18H23N3O2S. The van der Waals surface area contributed by atoms with Crippen LogP contribution in [0.5, 0.6) is 0 Å². The van der Waals surface area contributed by atoms with E-state index in [1.807, 2.05) is 38.1 Å². The van der Waals surface area contributed by atoms with Gasteiger partial charge in [-0.1, -0.05) is 24.3 Å². The van der Waals surface area contributed by atoms with E-state index in [-0.39, 0.29) is 12.6 Å². The number of carbonyl (C=O) groups excluding carboxylic acids is 1. The van der Waals surface area contributed by atoms with Gasteiger partial charge in [-0.15, -0.1) is 11.3 Å². The van der Waals surface area contributed by atoms with Gasteiger partial charge in [0.1, 0.15) is 10.6 Å². The molecule has 2 aromatic rings. The molecule has 128 valence electrons. The van der Waals surface area contributed by atoms with E-state index in [9.17, 15) is 9.90 Å². The number of fused-ring (bicyclic) bond motifs is 1. The Morgan fingerprint density at radius 3 is 2.88 bits per heavy atom. The van der Waals surface area contributed by atoms with E-state index in [1.165, 1.54) is 10.4 Å². The molecule has 1 aliphatic carbocycles. The number of urea groups is 1. The number of thiazole rings is 1.